The second-order valence-corrected chi connectivity index (χ2v) is 7.32. The molecule has 0 atom stereocenters. The third-order valence-corrected chi connectivity index (χ3v) is 5.67. The third-order valence-electron chi connectivity index (χ3n) is 4.26. The predicted octanol–water partition coefficient (Wildman–Crippen LogP) is 4.46. The summed E-state index contributed by atoms with van der Waals surface area (Å²) in [6, 6.07) is 6.84. The van der Waals surface area contributed by atoms with Crippen LogP contribution in [0.4, 0.5) is 0 Å². The molecule has 2 rings (SSSR count). The maximum absolute atomic E-state index is 3.70. The molecule has 1 nitrogen and oxygen atoms in total. The molecule has 1 aromatic carbocycles. The maximum atomic E-state index is 3.70. The monoisotopic (exact) mass is 277 g/mol. The van der Waals surface area contributed by atoms with Gasteiger partial charge in [-0.25, -0.2) is 0 Å². The molecule has 0 aromatic heterocycles. The highest BCUT2D eigenvalue weighted by Crippen LogP contribution is 2.37. The molecular formula is C17H27NS. The summed E-state index contributed by atoms with van der Waals surface area (Å²) in [7, 11) is 0. The van der Waals surface area contributed by atoms with Gasteiger partial charge >= 0.3 is 0 Å². The fraction of sp³-hybridized carbons (Fsp3) is 0.647. The summed E-state index contributed by atoms with van der Waals surface area (Å²) in [5.74, 6) is 0. The first-order valence-electron chi connectivity index (χ1n) is 7.47. The van der Waals surface area contributed by atoms with Crippen LogP contribution in [0.3, 0.4) is 0 Å². The molecule has 1 aromatic rings. The normalized spacial score (nSPS) is 18.5. The first kappa shape index (κ1) is 14.9. The van der Waals surface area contributed by atoms with E-state index in [1.54, 1.807) is 0 Å². The van der Waals surface area contributed by atoms with Gasteiger partial charge in [-0.3, -0.25) is 0 Å². The summed E-state index contributed by atoms with van der Waals surface area (Å²) < 4.78 is 0.497. The summed E-state index contributed by atoms with van der Waals surface area (Å²) in [5, 5.41) is 3.70. The topological polar surface area (TPSA) is 12.0 Å². The SMILES string of the molecule is CSC1(CNCc2cc(C)cc(C)c2)CCCCC1. The smallest absolute Gasteiger partial charge is 0.0281 e. The van der Waals surface area contributed by atoms with Gasteiger partial charge in [-0.05, 0) is 38.5 Å². The number of hydrogen-bond donors (Lipinski definition) is 1. The molecule has 0 bridgehead atoms. The van der Waals surface area contributed by atoms with Crippen LogP contribution in [0, 0.1) is 13.8 Å². The molecule has 1 fully saturated rings. The van der Waals surface area contributed by atoms with E-state index in [4.69, 9.17) is 0 Å². The van der Waals surface area contributed by atoms with Crippen molar-refractivity contribution in [2.24, 2.45) is 0 Å². The molecule has 19 heavy (non-hydrogen) atoms. The highest BCUT2D eigenvalue weighted by atomic mass is 32.2. The molecular weight excluding hydrogens is 250 g/mol. The van der Waals surface area contributed by atoms with Crippen molar-refractivity contribution in [2.75, 3.05) is 12.8 Å². The molecule has 0 radical (unpaired) electrons. The lowest BCUT2D eigenvalue weighted by atomic mass is 9.88. The van der Waals surface area contributed by atoms with E-state index in [-0.39, 0.29) is 0 Å². The van der Waals surface area contributed by atoms with E-state index in [0.29, 0.717) is 4.75 Å². The Morgan fingerprint density at radius 3 is 2.26 bits per heavy atom. The zero-order valence-electron chi connectivity index (χ0n) is 12.6. The van der Waals surface area contributed by atoms with Gasteiger partial charge in [0.2, 0.25) is 0 Å². The number of rotatable bonds is 5. The van der Waals surface area contributed by atoms with Crippen LogP contribution < -0.4 is 5.32 Å². The van der Waals surface area contributed by atoms with E-state index in [0.717, 1.165) is 13.1 Å². The van der Waals surface area contributed by atoms with E-state index < -0.39 is 0 Å². The Kier molecular flexibility index (Phi) is 5.35. The Morgan fingerprint density at radius 2 is 1.68 bits per heavy atom. The van der Waals surface area contributed by atoms with Crippen LogP contribution in [0.2, 0.25) is 0 Å². The second kappa shape index (κ2) is 6.81. The van der Waals surface area contributed by atoms with Gasteiger partial charge in [0.1, 0.15) is 0 Å². The van der Waals surface area contributed by atoms with E-state index in [1.165, 1.54) is 48.8 Å². The van der Waals surface area contributed by atoms with Gasteiger partial charge in [0.15, 0.2) is 0 Å². The van der Waals surface area contributed by atoms with Gasteiger partial charge in [-0.2, -0.15) is 11.8 Å². The molecule has 0 spiro atoms. The van der Waals surface area contributed by atoms with Gasteiger partial charge in [0.25, 0.3) is 0 Å². The van der Waals surface area contributed by atoms with E-state index >= 15 is 0 Å². The Bertz CT molecular complexity index is 387. The van der Waals surface area contributed by atoms with Crippen molar-refractivity contribution in [1.82, 2.24) is 5.32 Å². The summed E-state index contributed by atoms with van der Waals surface area (Å²) in [4.78, 5) is 0. The minimum Gasteiger partial charge on any atom is -0.311 e. The zero-order valence-corrected chi connectivity index (χ0v) is 13.4. The lowest BCUT2D eigenvalue weighted by Crippen LogP contribution is -2.39. The van der Waals surface area contributed by atoms with Gasteiger partial charge in [0.05, 0.1) is 0 Å². The molecule has 1 aliphatic carbocycles. The summed E-state index contributed by atoms with van der Waals surface area (Å²) in [5.41, 5.74) is 4.16. The lowest BCUT2D eigenvalue weighted by molar-refractivity contribution is 0.379. The van der Waals surface area contributed by atoms with Crippen LogP contribution in [0.25, 0.3) is 0 Å². The largest absolute Gasteiger partial charge is 0.311 e. The Morgan fingerprint density at radius 1 is 1.05 bits per heavy atom. The van der Waals surface area contributed by atoms with Crippen molar-refractivity contribution < 1.29 is 0 Å². The molecule has 1 N–H and O–H groups in total. The van der Waals surface area contributed by atoms with Gasteiger partial charge in [0, 0.05) is 17.8 Å². The number of aryl methyl sites for hydroxylation is 2. The third kappa shape index (κ3) is 4.25. The fourth-order valence-corrected chi connectivity index (χ4v) is 4.20. The Hall–Kier alpha value is -0.470. The van der Waals surface area contributed by atoms with Gasteiger partial charge < -0.3 is 5.32 Å². The molecule has 1 saturated carbocycles. The molecule has 0 amide bonds. The second-order valence-electron chi connectivity index (χ2n) is 6.05. The first-order chi connectivity index (χ1) is 9.13. The maximum Gasteiger partial charge on any atom is 0.0281 e. The molecule has 0 saturated heterocycles. The number of thioether (sulfide) groups is 1. The first-order valence-corrected chi connectivity index (χ1v) is 8.69. The van der Waals surface area contributed by atoms with Crippen molar-refractivity contribution in [2.45, 2.75) is 57.2 Å². The zero-order chi connectivity index (χ0) is 13.7. The summed E-state index contributed by atoms with van der Waals surface area (Å²) >= 11 is 2.07. The van der Waals surface area contributed by atoms with Crippen LogP contribution in [0.15, 0.2) is 18.2 Å². The van der Waals surface area contributed by atoms with Crippen LogP contribution in [0.1, 0.15) is 48.8 Å². The highest BCUT2D eigenvalue weighted by molar-refractivity contribution is 8.00. The number of benzene rings is 1. The Labute approximate surface area is 122 Å². The average molecular weight is 277 g/mol. The molecule has 0 aliphatic heterocycles. The van der Waals surface area contributed by atoms with Crippen molar-refractivity contribution in [3.05, 3.63) is 34.9 Å². The molecule has 1 aliphatic rings. The lowest BCUT2D eigenvalue weighted by Gasteiger charge is -2.36. The molecule has 106 valence electrons. The van der Waals surface area contributed by atoms with Crippen LogP contribution in [-0.2, 0) is 6.54 Å². The summed E-state index contributed by atoms with van der Waals surface area (Å²) in [6.45, 7) is 6.52. The molecule has 0 unspecified atom stereocenters. The van der Waals surface area contributed by atoms with E-state index in [9.17, 15) is 0 Å². The van der Waals surface area contributed by atoms with Crippen molar-refractivity contribution in [3.8, 4) is 0 Å². The van der Waals surface area contributed by atoms with Crippen molar-refractivity contribution in [1.29, 1.82) is 0 Å². The number of nitrogens with one attached hydrogen (secondary N) is 1. The van der Waals surface area contributed by atoms with Crippen LogP contribution in [0.5, 0.6) is 0 Å². The van der Waals surface area contributed by atoms with E-state index in [2.05, 4.69) is 55.4 Å². The quantitative estimate of drug-likeness (QED) is 0.853. The highest BCUT2D eigenvalue weighted by Gasteiger charge is 2.30. The van der Waals surface area contributed by atoms with Gasteiger partial charge in [-0.1, -0.05) is 48.6 Å². The fourth-order valence-electron chi connectivity index (χ4n) is 3.25. The Balaban J connectivity index is 1.88. The minimum absolute atomic E-state index is 0.497. The van der Waals surface area contributed by atoms with Crippen LogP contribution in [-0.4, -0.2) is 17.5 Å². The average Bonchev–Trinajstić information content (AvgIpc) is 2.39. The standard InChI is InChI=1S/C17H27NS/c1-14-9-15(2)11-16(10-14)12-18-13-17(19-3)7-5-4-6-8-17/h9-11,18H,4-8,12-13H2,1-3H3. The molecule has 2 heteroatoms. The predicted molar refractivity (Wildman–Crippen MR) is 87.0 cm³/mol. The van der Waals surface area contributed by atoms with Gasteiger partial charge in [-0.15, -0.1) is 0 Å². The molecule has 0 heterocycles. The van der Waals surface area contributed by atoms with Crippen LogP contribution >= 0.6 is 11.8 Å². The number of hydrogen-bond acceptors (Lipinski definition) is 2. The van der Waals surface area contributed by atoms with E-state index in [1.807, 2.05) is 0 Å². The van der Waals surface area contributed by atoms with Crippen molar-refractivity contribution >= 4 is 11.8 Å². The summed E-state index contributed by atoms with van der Waals surface area (Å²) in [6.07, 6.45) is 9.30. The van der Waals surface area contributed by atoms with Crippen molar-refractivity contribution in [3.63, 3.8) is 0 Å². The minimum atomic E-state index is 0.497.